The summed E-state index contributed by atoms with van der Waals surface area (Å²) in [5.74, 6) is 0.791. The van der Waals surface area contributed by atoms with E-state index in [1.54, 1.807) is 12.1 Å². The van der Waals surface area contributed by atoms with Crippen molar-refractivity contribution in [3.8, 4) is 11.8 Å². The van der Waals surface area contributed by atoms with E-state index in [0.29, 0.717) is 17.9 Å². The van der Waals surface area contributed by atoms with Gasteiger partial charge in [0.25, 0.3) is 0 Å². The number of nitrogens with zero attached hydrogens (tertiary/aromatic N) is 1. The van der Waals surface area contributed by atoms with Crippen molar-refractivity contribution in [1.29, 1.82) is 5.26 Å². The highest BCUT2D eigenvalue weighted by Crippen LogP contribution is 2.21. The summed E-state index contributed by atoms with van der Waals surface area (Å²) in [7, 11) is 0. The van der Waals surface area contributed by atoms with E-state index in [9.17, 15) is 0 Å². The molecular formula is C15H14N2O. The summed E-state index contributed by atoms with van der Waals surface area (Å²) in [6, 6.07) is 15.0. The number of hydrogen-bond acceptors (Lipinski definition) is 3. The molecule has 3 nitrogen and oxygen atoms in total. The minimum Gasteiger partial charge on any atom is -0.489 e. The van der Waals surface area contributed by atoms with E-state index in [1.807, 2.05) is 37.3 Å². The molecule has 0 bridgehead atoms. The van der Waals surface area contributed by atoms with Crippen molar-refractivity contribution in [3.05, 3.63) is 59.2 Å². The van der Waals surface area contributed by atoms with E-state index in [4.69, 9.17) is 15.7 Å². The molecule has 90 valence electrons. The van der Waals surface area contributed by atoms with E-state index >= 15 is 0 Å². The Hall–Kier alpha value is -2.47. The first-order chi connectivity index (χ1) is 8.69. The Kier molecular flexibility index (Phi) is 3.49. The van der Waals surface area contributed by atoms with Crippen molar-refractivity contribution < 1.29 is 4.74 Å². The molecule has 0 aliphatic heterocycles. The van der Waals surface area contributed by atoms with Crippen LogP contribution in [0.15, 0.2) is 42.5 Å². The molecule has 0 amide bonds. The Morgan fingerprint density at radius 2 is 1.89 bits per heavy atom. The summed E-state index contributed by atoms with van der Waals surface area (Å²) in [5, 5.41) is 8.71. The second-order valence-electron chi connectivity index (χ2n) is 4.12. The number of ether oxygens (including phenoxy) is 1. The summed E-state index contributed by atoms with van der Waals surface area (Å²) >= 11 is 0. The fourth-order valence-corrected chi connectivity index (χ4v) is 1.61. The topological polar surface area (TPSA) is 59.0 Å². The Morgan fingerprint density at radius 1 is 1.17 bits per heavy atom. The monoisotopic (exact) mass is 238 g/mol. The second kappa shape index (κ2) is 5.24. The predicted octanol–water partition coefficient (Wildman–Crippen LogP) is 3.03. The zero-order valence-corrected chi connectivity index (χ0v) is 10.2. The summed E-state index contributed by atoms with van der Waals surface area (Å²) in [5.41, 5.74) is 9.14. The van der Waals surface area contributed by atoms with Gasteiger partial charge in [0.05, 0.1) is 11.6 Å². The van der Waals surface area contributed by atoms with Crippen LogP contribution in [0.25, 0.3) is 0 Å². The van der Waals surface area contributed by atoms with Gasteiger partial charge >= 0.3 is 0 Å². The third-order valence-electron chi connectivity index (χ3n) is 2.69. The number of aryl methyl sites for hydroxylation is 1. The Morgan fingerprint density at radius 3 is 2.56 bits per heavy atom. The normalized spacial score (nSPS) is 9.78. The maximum Gasteiger partial charge on any atom is 0.124 e. The first-order valence-corrected chi connectivity index (χ1v) is 5.67. The minimum absolute atomic E-state index is 0.468. The quantitative estimate of drug-likeness (QED) is 0.836. The maximum atomic E-state index is 8.71. The van der Waals surface area contributed by atoms with Gasteiger partial charge in [-0.1, -0.05) is 18.2 Å². The van der Waals surface area contributed by atoms with Gasteiger partial charge in [0, 0.05) is 11.8 Å². The average Bonchev–Trinajstić information content (AvgIpc) is 2.40. The fraction of sp³-hybridized carbons (Fsp3) is 0.133. The third-order valence-corrected chi connectivity index (χ3v) is 2.69. The van der Waals surface area contributed by atoms with Crippen LogP contribution >= 0.6 is 0 Å². The largest absolute Gasteiger partial charge is 0.489 e. The highest BCUT2D eigenvalue weighted by atomic mass is 16.5. The van der Waals surface area contributed by atoms with Gasteiger partial charge in [0.15, 0.2) is 0 Å². The zero-order valence-electron chi connectivity index (χ0n) is 10.2. The summed E-state index contributed by atoms with van der Waals surface area (Å²) < 4.78 is 5.71. The highest BCUT2D eigenvalue weighted by Gasteiger charge is 2.01. The van der Waals surface area contributed by atoms with Gasteiger partial charge in [-0.15, -0.1) is 0 Å². The van der Waals surface area contributed by atoms with Crippen LogP contribution in [0.1, 0.15) is 16.7 Å². The van der Waals surface area contributed by atoms with Gasteiger partial charge in [-0.2, -0.15) is 5.26 Å². The molecule has 2 rings (SSSR count). The molecule has 0 aliphatic carbocycles. The Labute approximate surface area is 106 Å². The van der Waals surface area contributed by atoms with Crippen molar-refractivity contribution in [1.82, 2.24) is 0 Å². The van der Waals surface area contributed by atoms with Crippen molar-refractivity contribution in [2.45, 2.75) is 13.5 Å². The van der Waals surface area contributed by atoms with E-state index in [-0.39, 0.29) is 0 Å². The first-order valence-electron chi connectivity index (χ1n) is 5.67. The number of rotatable bonds is 3. The predicted molar refractivity (Wildman–Crippen MR) is 71.1 cm³/mol. The Balaban J connectivity index is 2.07. The molecule has 0 aliphatic rings. The van der Waals surface area contributed by atoms with E-state index in [1.165, 1.54) is 0 Å². The molecule has 2 N–H and O–H groups in total. The van der Waals surface area contributed by atoms with Gasteiger partial charge in [0.1, 0.15) is 12.4 Å². The van der Waals surface area contributed by atoms with Crippen LogP contribution in [0.4, 0.5) is 5.69 Å². The van der Waals surface area contributed by atoms with Crippen molar-refractivity contribution in [2.75, 3.05) is 5.73 Å². The molecule has 0 aromatic heterocycles. The zero-order chi connectivity index (χ0) is 13.0. The van der Waals surface area contributed by atoms with Crippen LogP contribution in [0.5, 0.6) is 5.75 Å². The number of nitrogens with two attached hydrogens (primary N) is 1. The van der Waals surface area contributed by atoms with Crippen LogP contribution in [-0.4, -0.2) is 0 Å². The van der Waals surface area contributed by atoms with Crippen LogP contribution in [0.2, 0.25) is 0 Å². The number of nitriles is 1. The second-order valence-corrected chi connectivity index (χ2v) is 4.12. The van der Waals surface area contributed by atoms with E-state index < -0.39 is 0 Å². The molecule has 0 atom stereocenters. The first kappa shape index (κ1) is 12.0. The van der Waals surface area contributed by atoms with Crippen LogP contribution in [-0.2, 0) is 6.61 Å². The molecule has 0 fully saturated rings. The standard InChI is InChI=1S/C15H14N2O/c1-11-2-7-14(17)8-15(11)18-10-13-5-3-12(9-16)4-6-13/h2-8H,10,17H2,1H3. The average molecular weight is 238 g/mol. The van der Waals surface area contributed by atoms with E-state index in [2.05, 4.69) is 6.07 Å². The van der Waals surface area contributed by atoms with Crippen LogP contribution < -0.4 is 10.5 Å². The van der Waals surface area contributed by atoms with Gasteiger partial charge in [-0.25, -0.2) is 0 Å². The fourth-order valence-electron chi connectivity index (χ4n) is 1.61. The van der Waals surface area contributed by atoms with E-state index in [0.717, 1.165) is 16.9 Å². The lowest BCUT2D eigenvalue weighted by atomic mass is 10.1. The summed E-state index contributed by atoms with van der Waals surface area (Å²) in [4.78, 5) is 0. The molecule has 3 heteroatoms. The number of anilines is 1. The molecule has 0 spiro atoms. The van der Waals surface area contributed by atoms with Crippen LogP contribution in [0.3, 0.4) is 0 Å². The number of nitrogen functional groups attached to an aromatic ring is 1. The number of benzene rings is 2. The van der Waals surface area contributed by atoms with Crippen molar-refractivity contribution in [3.63, 3.8) is 0 Å². The lowest BCUT2D eigenvalue weighted by Crippen LogP contribution is -1.98. The molecule has 0 radical (unpaired) electrons. The third kappa shape index (κ3) is 2.80. The summed E-state index contributed by atoms with van der Waals surface area (Å²) in [6.07, 6.45) is 0. The smallest absolute Gasteiger partial charge is 0.124 e. The minimum atomic E-state index is 0.468. The van der Waals surface area contributed by atoms with Gasteiger partial charge < -0.3 is 10.5 Å². The van der Waals surface area contributed by atoms with Gasteiger partial charge in [-0.05, 0) is 36.2 Å². The maximum absolute atomic E-state index is 8.71. The van der Waals surface area contributed by atoms with Crippen molar-refractivity contribution >= 4 is 5.69 Å². The van der Waals surface area contributed by atoms with Crippen LogP contribution in [0, 0.1) is 18.3 Å². The van der Waals surface area contributed by atoms with Gasteiger partial charge in [-0.3, -0.25) is 0 Å². The number of hydrogen-bond donors (Lipinski definition) is 1. The summed E-state index contributed by atoms with van der Waals surface area (Å²) in [6.45, 7) is 2.45. The molecule has 18 heavy (non-hydrogen) atoms. The van der Waals surface area contributed by atoms with Crippen molar-refractivity contribution in [2.24, 2.45) is 0 Å². The Bertz CT molecular complexity index is 582. The molecule has 0 heterocycles. The van der Waals surface area contributed by atoms with Gasteiger partial charge in [0.2, 0.25) is 0 Å². The molecule has 2 aromatic carbocycles. The lowest BCUT2D eigenvalue weighted by molar-refractivity contribution is 0.304. The molecule has 0 unspecified atom stereocenters. The SMILES string of the molecule is Cc1ccc(N)cc1OCc1ccc(C#N)cc1. The lowest BCUT2D eigenvalue weighted by Gasteiger charge is -2.09. The molecular weight excluding hydrogens is 224 g/mol. The molecule has 2 aromatic rings. The highest BCUT2D eigenvalue weighted by molar-refractivity contribution is 5.48. The molecule has 0 saturated heterocycles. The molecule has 0 saturated carbocycles.